The van der Waals surface area contributed by atoms with E-state index in [4.69, 9.17) is 5.73 Å². The minimum absolute atomic E-state index is 0. The monoisotopic (exact) mass is 498 g/mol. The lowest BCUT2D eigenvalue weighted by atomic mass is 10.3. The van der Waals surface area contributed by atoms with Crippen molar-refractivity contribution in [3.63, 3.8) is 0 Å². The van der Waals surface area contributed by atoms with Gasteiger partial charge < -0.3 is 15.8 Å². The first-order valence-corrected chi connectivity index (χ1v) is 7.25. The zero-order valence-corrected chi connectivity index (χ0v) is 15.6. The number of benzene rings is 1. The van der Waals surface area contributed by atoms with Gasteiger partial charge in [-0.3, -0.25) is 4.90 Å². The summed E-state index contributed by atoms with van der Waals surface area (Å²) < 4.78 is 76.9. The first kappa shape index (κ1) is 22.6. The molecule has 1 atom stereocenters. The van der Waals surface area contributed by atoms with Crippen molar-refractivity contribution in [2.75, 3.05) is 25.0 Å². The van der Waals surface area contributed by atoms with E-state index in [0.29, 0.717) is 12.1 Å². The van der Waals surface area contributed by atoms with Gasteiger partial charge in [-0.2, -0.15) is 13.2 Å². The Morgan fingerprint density at radius 2 is 1.81 bits per heavy atom. The summed E-state index contributed by atoms with van der Waals surface area (Å²) in [5.74, 6) is -0.407. The van der Waals surface area contributed by atoms with Gasteiger partial charge in [-0.25, -0.2) is 4.99 Å². The van der Waals surface area contributed by atoms with E-state index in [1.807, 2.05) is 0 Å². The lowest BCUT2D eigenvalue weighted by Crippen LogP contribution is -2.33. The van der Waals surface area contributed by atoms with Gasteiger partial charge in [-0.15, -0.1) is 37.1 Å². The molecule has 0 spiro atoms. The number of hydrogen-bond donors (Lipinski definition) is 2. The summed E-state index contributed by atoms with van der Waals surface area (Å²) in [5, 5.41) is 2.67. The summed E-state index contributed by atoms with van der Waals surface area (Å²) in [6.45, 7) is -0.586. The molecule has 0 radical (unpaired) electrons. The Balaban J connectivity index is 0.00000338. The molecule has 0 aliphatic carbocycles. The van der Waals surface area contributed by atoms with Crippen LogP contribution in [0.3, 0.4) is 0 Å². The average molecular weight is 498 g/mol. The second-order valence-electron chi connectivity index (χ2n) is 5.50. The fraction of sp³-hybridized carbons (Fsp3) is 0.500. The Kier molecular flexibility index (Phi) is 7.80. The fourth-order valence-electron chi connectivity index (χ4n) is 2.43. The van der Waals surface area contributed by atoms with Crippen LogP contribution in [-0.2, 0) is 0 Å². The van der Waals surface area contributed by atoms with Gasteiger partial charge in [-0.1, -0.05) is 0 Å². The number of alkyl halides is 6. The molecule has 0 saturated carbocycles. The Labute approximate surface area is 162 Å². The second-order valence-corrected chi connectivity index (χ2v) is 5.50. The predicted octanol–water partition coefficient (Wildman–Crippen LogP) is 3.57. The number of likely N-dealkylation sites (tertiary alicyclic amines) is 1. The van der Waals surface area contributed by atoms with E-state index in [0.717, 1.165) is 12.1 Å². The Morgan fingerprint density at radius 3 is 2.35 bits per heavy atom. The molecule has 2 rings (SSSR count). The molecular weight excluding hydrogens is 481 g/mol. The maximum Gasteiger partial charge on any atom is 0.573 e. The third kappa shape index (κ3) is 8.29. The van der Waals surface area contributed by atoms with Gasteiger partial charge in [0.15, 0.2) is 5.96 Å². The number of ether oxygens (including phenoxy) is 1. The lowest BCUT2D eigenvalue weighted by Gasteiger charge is -2.17. The quantitative estimate of drug-likeness (QED) is 0.289. The molecule has 26 heavy (non-hydrogen) atoms. The predicted molar refractivity (Wildman–Crippen MR) is 94.7 cm³/mol. The molecule has 148 valence electrons. The van der Waals surface area contributed by atoms with Gasteiger partial charge in [0, 0.05) is 18.8 Å². The van der Waals surface area contributed by atoms with E-state index in [9.17, 15) is 26.3 Å². The molecule has 1 aromatic rings. The van der Waals surface area contributed by atoms with Crippen LogP contribution in [0, 0.1) is 0 Å². The highest BCUT2D eigenvalue weighted by Gasteiger charge is 2.34. The number of rotatable bonds is 4. The highest BCUT2D eigenvalue weighted by molar-refractivity contribution is 14.0. The molecule has 12 heteroatoms. The lowest BCUT2D eigenvalue weighted by molar-refractivity contribution is -0.274. The zero-order valence-electron chi connectivity index (χ0n) is 13.3. The molecule has 1 fully saturated rings. The molecule has 0 amide bonds. The van der Waals surface area contributed by atoms with Crippen molar-refractivity contribution in [1.29, 1.82) is 0 Å². The van der Waals surface area contributed by atoms with Crippen molar-refractivity contribution in [3.8, 4) is 5.75 Å². The van der Waals surface area contributed by atoms with Crippen molar-refractivity contribution in [1.82, 2.24) is 4.90 Å². The first-order valence-electron chi connectivity index (χ1n) is 7.25. The summed E-state index contributed by atoms with van der Waals surface area (Å²) in [6, 6.07) is 4.46. The molecule has 1 aliphatic heterocycles. The molecule has 0 bridgehead atoms. The van der Waals surface area contributed by atoms with Crippen LogP contribution in [-0.4, -0.2) is 49.1 Å². The zero-order chi connectivity index (χ0) is 18.7. The Hall–Kier alpha value is -1.44. The molecule has 1 unspecified atom stereocenters. The third-order valence-corrected chi connectivity index (χ3v) is 3.33. The summed E-state index contributed by atoms with van der Waals surface area (Å²) in [6.07, 6.45) is -8.60. The molecule has 1 aromatic carbocycles. The van der Waals surface area contributed by atoms with Crippen LogP contribution in [0.1, 0.15) is 6.42 Å². The highest BCUT2D eigenvalue weighted by atomic mass is 127. The Morgan fingerprint density at radius 1 is 1.19 bits per heavy atom. The third-order valence-electron chi connectivity index (χ3n) is 3.33. The van der Waals surface area contributed by atoms with Crippen molar-refractivity contribution >= 4 is 35.6 Å². The van der Waals surface area contributed by atoms with Gasteiger partial charge >= 0.3 is 12.5 Å². The molecular formula is C14H17F6IN4O. The van der Waals surface area contributed by atoms with Crippen LogP contribution < -0.4 is 15.8 Å². The SMILES string of the molecule is I.NC(=NC1CCN(CC(F)(F)F)C1)Nc1ccc(OC(F)(F)F)cc1. The number of aliphatic imine (C=N–C) groups is 1. The van der Waals surface area contributed by atoms with Gasteiger partial charge in [-0.05, 0) is 30.7 Å². The van der Waals surface area contributed by atoms with Gasteiger partial charge in [0.1, 0.15) is 5.75 Å². The van der Waals surface area contributed by atoms with Crippen LogP contribution in [0.5, 0.6) is 5.75 Å². The van der Waals surface area contributed by atoms with Gasteiger partial charge in [0.25, 0.3) is 0 Å². The van der Waals surface area contributed by atoms with Gasteiger partial charge in [0.2, 0.25) is 0 Å². The molecule has 0 aromatic heterocycles. The average Bonchev–Trinajstić information content (AvgIpc) is 2.84. The molecule has 5 nitrogen and oxygen atoms in total. The number of nitrogens with one attached hydrogen (secondary N) is 1. The minimum Gasteiger partial charge on any atom is -0.406 e. The number of guanidine groups is 1. The molecule has 1 aliphatic rings. The first-order chi connectivity index (χ1) is 11.5. The van der Waals surface area contributed by atoms with Crippen LogP contribution in [0.4, 0.5) is 32.0 Å². The second kappa shape index (κ2) is 8.97. The highest BCUT2D eigenvalue weighted by Crippen LogP contribution is 2.24. The minimum atomic E-state index is -4.78. The summed E-state index contributed by atoms with van der Waals surface area (Å²) in [4.78, 5) is 5.34. The smallest absolute Gasteiger partial charge is 0.406 e. The number of nitrogens with zero attached hydrogens (tertiary/aromatic N) is 2. The largest absolute Gasteiger partial charge is 0.573 e. The van der Waals surface area contributed by atoms with Crippen molar-refractivity contribution < 1.29 is 31.1 Å². The van der Waals surface area contributed by atoms with Crippen molar-refractivity contribution in [3.05, 3.63) is 24.3 Å². The number of nitrogens with two attached hydrogens (primary N) is 1. The van der Waals surface area contributed by atoms with E-state index in [1.165, 1.54) is 17.0 Å². The normalized spacial score (nSPS) is 19.2. The van der Waals surface area contributed by atoms with E-state index in [-0.39, 0.29) is 54.8 Å². The summed E-state index contributed by atoms with van der Waals surface area (Å²) in [5.41, 5.74) is 6.06. The number of hydrogen-bond acceptors (Lipinski definition) is 3. The fourth-order valence-corrected chi connectivity index (χ4v) is 2.43. The topological polar surface area (TPSA) is 62.9 Å². The maximum absolute atomic E-state index is 12.3. The molecule has 3 N–H and O–H groups in total. The summed E-state index contributed by atoms with van der Waals surface area (Å²) in [7, 11) is 0. The number of halogens is 7. The van der Waals surface area contributed by atoms with Crippen molar-refractivity contribution in [2.24, 2.45) is 10.7 Å². The molecule has 1 heterocycles. The van der Waals surface area contributed by atoms with Crippen LogP contribution in [0.15, 0.2) is 29.3 Å². The van der Waals surface area contributed by atoms with Crippen molar-refractivity contribution in [2.45, 2.75) is 25.0 Å². The van der Waals surface area contributed by atoms with E-state index < -0.39 is 19.1 Å². The molecule has 1 saturated heterocycles. The van der Waals surface area contributed by atoms with Crippen LogP contribution in [0.25, 0.3) is 0 Å². The van der Waals surface area contributed by atoms with Crippen LogP contribution >= 0.6 is 24.0 Å². The van der Waals surface area contributed by atoms with Gasteiger partial charge in [0.05, 0.1) is 12.6 Å². The van der Waals surface area contributed by atoms with Crippen LogP contribution in [0.2, 0.25) is 0 Å². The van der Waals surface area contributed by atoms with E-state index in [2.05, 4.69) is 15.0 Å². The standard InChI is InChI=1S/C14H16F6N4O.HI/c15-13(16,17)8-24-6-5-10(7-24)23-12(21)22-9-1-3-11(4-2-9)25-14(18,19)20;/h1-4,10H,5-8H2,(H3,21,22,23);1H. The number of anilines is 1. The summed E-state index contributed by atoms with van der Waals surface area (Å²) >= 11 is 0. The van der Waals surface area contributed by atoms with E-state index in [1.54, 1.807) is 0 Å². The Bertz CT molecular complexity index is 605. The van der Waals surface area contributed by atoms with E-state index >= 15 is 0 Å². The maximum atomic E-state index is 12.3.